The van der Waals surface area contributed by atoms with Crippen molar-refractivity contribution in [1.29, 1.82) is 0 Å². The third-order valence-corrected chi connectivity index (χ3v) is 14.1. The van der Waals surface area contributed by atoms with E-state index in [0.29, 0.717) is 17.5 Å². The summed E-state index contributed by atoms with van der Waals surface area (Å²) < 4.78 is 5.11. The van der Waals surface area contributed by atoms with E-state index < -0.39 is 5.41 Å². The number of para-hydroxylation sites is 3. The van der Waals surface area contributed by atoms with Gasteiger partial charge in [0.2, 0.25) is 0 Å². The summed E-state index contributed by atoms with van der Waals surface area (Å²) in [7, 11) is 0. The minimum Gasteiger partial charge on any atom is -0.307 e. The van der Waals surface area contributed by atoms with Crippen molar-refractivity contribution >= 4 is 65.4 Å². The van der Waals surface area contributed by atoms with Gasteiger partial charge in [-0.05, 0) is 63.7 Å². The van der Waals surface area contributed by atoms with Crippen molar-refractivity contribution in [3.05, 3.63) is 222 Å². The lowest BCUT2D eigenvalue weighted by Gasteiger charge is -2.31. The second-order valence-corrected chi connectivity index (χ2v) is 17.1. The number of benzene rings is 9. The highest BCUT2D eigenvalue weighted by Crippen LogP contribution is 2.63. The molecule has 2 aliphatic carbocycles. The van der Waals surface area contributed by atoms with Gasteiger partial charge in [-0.25, -0.2) is 15.0 Å². The first-order valence-corrected chi connectivity index (χ1v) is 21.6. The van der Waals surface area contributed by atoms with Crippen LogP contribution < -0.4 is 0 Å². The van der Waals surface area contributed by atoms with Gasteiger partial charge < -0.3 is 8.80 Å². The lowest BCUT2D eigenvalue weighted by molar-refractivity contribution is 0.797. The van der Waals surface area contributed by atoms with Crippen LogP contribution in [0.2, 0.25) is 0 Å². The number of nitrogens with zero attached hydrogens (tertiary/aromatic N) is 5. The zero-order valence-electron chi connectivity index (χ0n) is 33.8. The molecule has 0 saturated heterocycles. The molecular formula is C58H33N5. The molecule has 13 aromatic rings. The molecule has 1 spiro atoms. The summed E-state index contributed by atoms with van der Waals surface area (Å²) in [5.41, 5.74) is 16.9. The van der Waals surface area contributed by atoms with E-state index in [1.54, 1.807) is 0 Å². The van der Waals surface area contributed by atoms with Gasteiger partial charge in [-0.2, -0.15) is 0 Å². The molecule has 63 heavy (non-hydrogen) atoms. The molecule has 5 heteroatoms. The molecule has 5 nitrogen and oxygen atoms in total. The maximum Gasteiger partial charge on any atom is 0.164 e. The first kappa shape index (κ1) is 33.3. The van der Waals surface area contributed by atoms with Gasteiger partial charge in [-0.3, -0.25) is 0 Å². The Hall–Kier alpha value is -8.41. The molecule has 4 aromatic heterocycles. The first-order chi connectivity index (χ1) is 31.3. The van der Waals surface area contributed by atoms with Gasteiger partial charge in [0.15, 0.2) is 17.5 Å². The monoisotopic (exact) mass is 799 g/mol. The lowest BCUT2D eigenvalue weighted by atomic mass is 9.70. The van der Waals surface area contributed by atoms with E-state index in [1.807, 2.05) is 36.4 Å². The van der Waals surface area contributed by atoms with Crippen LogP contribution in [-0.2, 0) is 5.41 Å². The van der Waals surface area contributed by atoms with Crippen molar-refractivity contribution in [2.75, 3.05) is 0 Å². The topological polar surface area (TPSA) is 47.5 Å². The van der Waals surface area contributed by atoms with E-state index in [9.17, 15) is 0 Å². The SMILES string of the molecule is c1ccc(-c2nc(-c3ccccc3)nc(-c3cc4c5c6c(ccc7c8ccccc8n(c8cccc9c%10ccccc%10n(c5c3)c98)c76)C43c4ccccc4-c4ccccc43)n2)cc1. The van der Waals surface area contributed by atoms with Crippen molar-refractivity contribution in [2.24, 2.45) is 0 Å². The Morgan fingerprint density at radius 2 is 0.794 bits per heavy atom. The molecule has 0 bridgehead atoms. The van der Waals surface area contributed by atoms with Crippen LogP contribution in [0.15, 0.2) is 200 Å². The van der Waals surface area contributed by atoms with Crippen LogP contribution in [0.4, 0.5) is 0 Å². The van der Waals surface area contributed by atoms with Gasteiger partial charge >= 0.3 is 0 Å². The molecular weight excluding hydrogens is 767 g/mol. The lowest BCUT2D eigenvalue weighted by Crippen LogP contribution is -2.26. The quantitative estimate of drug-likeness (QED) is 0.179. The molecule has 2 aliphatic rings. The summed E-state index contributed by atoms with van der Waals surface area (Å²) in [4.78, 5) is 15.9. The molecule has 15 rings (SSSR count). The molecule has 0 amide bonds. The highest BCUT2D eigenvalue weighted by Gasteiger charge is 2.51. The van der Waals surface area contributed by atoms with Gasteiger partial charge in [0.25, 0.3) is 0 Å². The molecule has 0 unspecified atom stereocenters. The summed E-state index contributed by atoms with van der Waals surface area (Å²) in [6, 6.07) is 73.0. The number of hydrogen-bond donors (Lipinski definition) is 0. The van der Waals surface area contributed by atoms with Crippen LogP contribution >= 0.6 is 0 Å². The molecule has 9 aromatic carbocycles. The maximum atomic E-state index is 5.38. The summed E-state index contributed by atoms with van der Waals surface area (Å²) >= 11 is 0. The van der Waals surface area contributed by atoms with Gasteiger partial charge in [0, 0.05) is 49.0 Å². The molecule has 0 atom stereocenters. The Labute approximate surface area is 360 Å². The van der Waals surface area contributed by atoms with E-state index in [-0.39, 0.29) is 0 Å². The van der Waals surface area contributed by atoms with Gasteiger partial charge in [-0.1, -0.05) is 170 Å². The molecule has 290 valence electrons. The number of fused-ring (bicyclic) bond motifs is 15. The Kier molecular flexibility index (Phi) is 6.30. The zero-order chi connectivity index (χ0) is 41.0. The highest BCUT2D eigenvalue weighted by molar-refractivity contribution is 6.27. The van der Waals surface area contributed by atoms with Gasteiger partial charge in [0.05, 0.1) is 38.5 Å². The first-order valence-electron chi connectivity index (χ1n) is 21.6. The standard InChI is InChI=1S/C58H33N5/c1-3-16-34(17-4-1)55-59-56(35-18-5-2-6-19-35)61-57(60-55)36-32-46-51-50(33-36)63-48-28-14-9-22-39(48)41-24-15-29-49(53(41)63)62-47-27-13-10-23-40(47)42-30-31-45(52(51)54(42)62)58(46)43-25-11-7-20-37(43)38-21-8-12-26-44(38)58/h1-33H. The number of hydrogen-bond acceptors (Lipinski definition) is 3. The molecule has 0 aliphatic heterocycles. The molecule has 0 radical (unpaired) electrons. The average Bonchev–Trinajstić information content (AvgIpc) is 4.06. The fourth-order valence-electron chi connectivity index (χ4n) is 11.7. The normalized spacial score (nSPS) is 13.5. The van der Waals surface area contributed by atoms with E-state index in [0.717, 1.165) is 33.2 Å². The summed E-state index contributed by atoms with van der Waals surface area (Å²) in [5, 5.41) is 7.45. The van der Waals surface area contributed by atoms with Crippen LogP contribution in [0.5, 0.6) is 0 Å². The van der Waals surface area contributed by atoms with Crippen molar-refractivity contribution in [1.82, 2.24) is 23.8 Å². The minimum atomic E-state index is -0.631. The van der Waals surface area contributed by atoms with Crippen LogP contribution in [-0.4, -0.2) is 23.8 Å². The predicted molar refractivity (Wildman–Crippen MR) is 256 cm³/mol. The fourth-order valence-corrected chi connectivity index (χ4v) is 11.7. The van der Waals surface area contributed by atoms with Gasteiger partial charge in [0.1, 0.15) is 0 Å². The number of rotatable bonds is 3. The van der Waals surface area contributed by atoms with Crippen LogP contribution in [0, 0.1) is 0 Å². The average molecular weight is 800 g/mol. The van der Waals surface area contributed by atoms with Crippen molar-refractivity contribution < 1.29 is 0 Å². The second-order valence-electron chi connectivity index (χ2n) is 17.1. The van der Waals surface area contributed by atoms with Crippen molar-refractivity contribution in [3.63, 3.8) is 0 Å². The smallest absolute Gasteiger partial charge is 0.164 e. The fraction of sp³-hybridized carbons (Fsp3) is 0.0172. The van der Waals surface area contributed by atoms with Crippen LogP contribution in [0.1, 0.15) is 22.3 Å². The predicted octanol–water partition coefficient (Wildman–Crippen LogP) is 13.8. The van der Waals surface area contributed by atoms with Gasteiger partial charge in [-0.15, -0.1) is 0 Å². The van der Waals surface area contributed by atoms with Crippen molar-refractivity contribution in [2.45, 2.75) is 5.41 Å². The Bertz CT molecular complexity index is 4040. The highest BCUT2D eigenvalue weighted by atomic mass is 15.0. The zero-order valence-corrected chi connectivity index (χ0v) is 33.8. The Morgan fingerprint density at radius 1 is 0.302 bits per heavy atom. The Balaban J connectivity index is 1.23. The second kappa shape index (κ2) is 11.9. The maximum absolute atomic E-state index is 5.38. The van der Waals surface area contributed by atoms with Crippen LogP contribution in [0.3, 0.4) is 0 Å². The molecule has 0 N–H and O–H groups in total. The minimum absolute atomic E-state index is 0.631. The number of aromatic nitrogens is 5. The van der Waals surface area contributed by atoms with Crippen LogP contribution in [0.25, 0.3) is 111 Å². The summed E-state index contributed by atoms with van der Waals surface area (Å²) in [6.07, 6.45) is 0. The Morgan fingerprint density at radius 3 is 1.43 bits per heavy atom. The largest absolute Gasteiger partial charge is 0.307 e. The summed E-state index contributed by atoms with van der Waals surface area (Å²) in [5.74, 6) is 1.92. The van der Waals surface area contributed by atoms with E-state index in [1.165, 1.54) is 82.2 Å². The summed E-state index contributed by atoms with van der Waals surface area (Å²) in [6.45, 7) is 0. The van der Waals surface area contributed by atoms with E-state index >= 15 is 0 Å². The third-order valence-electron chi connectivity index (χ3n) is 14.1. The van der Waals surface area contributed by atoms with E-state index in [4.69, 9.17) is 15.0 Å². The molecule has 0 fully saturated rings. The van der Waals surface area contributed by atoms with E-state index in [2.05, 4.69) is 173 Å². The molecule has 4 heterocycles. The molecule has 0 saturated carbocycles. The third kappa shape index (κ3) is 4.10. The van der Waals surface area contributed by atoms with Crippen molar-refractivity contribution in [3.8, 4) is 45.3 Å².